The summed E-state index contributed by atoms with van der Waals surface area (Å²) in [4.78, 5) is 0. The third kappa shape index (κ3) is 2.77. The molecule has 1 saturated heterocycles. The van der Waals surface area contributed by atoms with Crippen molar-refractivity contribution in [3.05, 3.63) is 27.7 Å². The second kappa shape index (κ2) is 4.60. The normalized spacial score (nSPS) is 19.0. The standard InChI is InChI=1S/C11H12Cl2O2/c1-2-14-11-7(4-9-6-15-9)3-8(12)5-10(11)13/h3,5,9H,2,4,6H2,1H3. The third-order valence-electron chi connectivity index (χ3n) is 2.22. The van der Waals surface area contributed by atoms with Gasteiger partial charge < -0.3 is 9.47 Å². The molecular weight excluding hydrogens is 235 g/mol. The molecule has 1 heterocycles. The maximum atomic E-state index is 6.07. The average Bonchev–Trinajstić information content (AvgIpc) is 2.95. The Hall–Kier alpha value is -0.440. The van der Waals surface area contributed by atoms with E-state index in [0.29, 0.717) is 22.8 Å². The lowest BCUT2D eigenvalue weighted by molar-refractivity contribution is 0.333. The zero-order chi connectivity index (χ0) is 10.8. The number of halogens is 2. The number of benzene rings is 1. The molecule has 0 radical (unpaired) electrons. The molecule has 2 nitrogen and oxygen atoms in total. The Morgan fingerprint density at radius 3 is 2.80 bits per heavy atom. The Labute approximate surface area is 99.1 Å². The maximum Gasteiger partial charge on any atom is 0.141 e. The highest BCUT2D eigenvalue weighted by molar-refractivity contribution is 6.35. The van der Waals surface area contributed by atoms with E-state index in [1.165, 1.54) is 0 Å². The van der Waals surface area contributed by atoms with Gasteiger partial charge in [0.15, 0.2) is 0 Å². The van der Waals surface area contributed by atoms with Crippen LogP contribution >= 0.6 is 23.2 Å². The van der Waals surface area contributed by atoms with Crippen molar-refractivity contribution in [3.63, 3.8) is 0 Å². The molecule has 4 heteroatoms. The largest absolute Gasteiger partial charge is 0.492 e. The van der Waals surface area contributed by atoms with Crippen molar-refractivity contribution in [2.24, 2.45) is 0 Å². The smallest absolute Gasteiger partial charge is 0.141 e. The first-order chi connectivity index (χ1) is 7.20. The molecule has 0 spiro atoms. The molecule has 0 amide bonds. The van der Waals surface area contributed by atoms with Gasteiger partial charge in [0.05, 0.1) is 24.3 Å². The summed E-state index contributed by atoms with van der Waals surface area (Å²) in [6, 6.07) is 3.59. The maximum absolute atomic E-state index is 6.07. The van der Waals surface area contributed by atoms with Crippen LogP contribution in [0.25, 0.3) is 0 Å². The lowest BCUT2D eigenvalue weighted by atomic mass is 10.1. The molecule has 0 aliphatic carbocycles. The molecule has 15 heavy (non-hydrogen) atoms. The summed E-state index contributed by atoms with van der Waals surface area (Å²) < 4.78 is 10.7. The summed E-state index contributed by atoms with van der Waals surface area (Å²) in [5, 5.41) is 1.21. The topological polar surface area (TPSA) is 21.8 Å². The van der Waals surface area contributed by atoms with E-state index in [1.807, 2.05) is 13.0 Å². The van der Waals surface area contributed by atoms with Gasteiger partial charge in [-0.3, -0.25) is 0 Å². The summed E-state index contributed by atoms with van der Waals surface area (Å²) in [7, 11) is 0. The summed E-state index contributed by atoms with van der Waals surface area (Å²) in [6.45, 7) is 3.35. The van der Waals surface area contributed by atoms with Crippen molar-refractivity contribution < 1.29 is 9.47 Å². The second-order valence-electron chi connectivity index (χ2n) is 3.47. The monoisotopic (exact) mass is 246 g/mol. The van der Waals surface area contributed by atoms with Gasteiger partial charge in [-0.05, 0) is 24.6 Å². The number of hydrogen-bond donors (Lipinski definition) is 0. The number of rotatable bonds is 4. The van der Waals surface area contributed by atoms with Crippen molar-refractivity contribution in [2.45, 2.75) is 19.4 Å². The minimum Gasteiger partial charge on any atom is -0.492 e. The number of ether oxygens (including phenoxy) is 2. The fraction of sp³-hybridized carbons (Fsp3) is 0.455. The summed E-state index contributed by atoms with van der Waals surface area (Å²) in [5.41, 5.74) is 1.02. The van der Waals surface area contributed by atoms with Gasteiger partial charge in [0.2, 0.25) is 0 Å². The highest BCUT2D eigenvalue weighted by atomic mass is 35.5. The van der Waals surface area contributed by atoms with E-state index in [1.54, 1.807) is 6.07 Å². The van der Waals surface area contributed by atoms with Crippen molar-refractivity contribution in [1.82, 2.24) is 0 Å². The van der Waals surface area contributed by atoms with E-state index >= 15 is 0 Å². The molecule has 2 rings (SSSR count). The zero-order valence-corrected chi connectivity index (χ0v) is 9.94. The van der Waals surface area contributed by atoms with Crippen LogP contribution in [0.5, 0.6) is 5.75 Å². The van der Waals surface area contributed by atoms with Gasteiger partial charge in [0.1, 0.15) is 5.75 Å². The molecule has 0 aromatic heterocycles. The average molecular weight is 247 g/mol. The van der Waals surface area contributed by atoms with Gasteiger partial charge in [-0.25, -0.2) is 0 Å². The van der Waals surface area contributed by atoms with E-state index in [2.05, 4.69) is 0 Å². The Kier molecular flexibility index (Phi) is 3.39. The van der Waals surface area contributed by atoms with E-state index in [9.17, 15) is 0 Å². The second-order valence-corrected chi connectivity index (χ2v) is 4.31. The minimum absolute atomic E-state index is 0.304. The van der Waals surface area contributed by atoms with Gasteiger partial charge in [0, 0.05) is 11.4 Å². The van der Waals surface area contributed by atoms with Crippen LogP contribution in [-0.4, -0.2) is 19.3 Å². The van der Waals surface area contributed by atoms with Crippen LogP contribution in [0.1, 0.15) is 12.5 Å². The molecule has 1 unspecified atom stereocenters. The molecule has 82 valence electrons. The number of hydrogen-bond acceptors (Lipinski definition) is 2. The lowest BCUT2D eigenvalue weighted by Gasteiger charge is -2.11. The fourth-order valence-electron chi connectivity index (χ4n) is 1.50. The highest BCUT2D eigenvalue weighted by Gasteiger charge is 2.25. The van der Waals surface area contributed by atoms with Gasteiger partial charge in [-0.15, -0.1) is 0 Å². The highest BCUT2D eigenvalue weighted by Crippen LogP contribution is 2.34. The summed E-state index contributed by atoms with van der Waals surface area (Å²) >= 11 is 12.0. The van der Waals surface area contributed by atoms with E-state index in [-0.39, 0.29) is 0 Å². The van der Waals surface area contributed by atoms with Crippen molar-refractivity contribution in [1.29, 1.82) is 0 Å². The summed E-state index contributed by atoms with van der Waals surface area (Å²) in [5.74, 6) is 0.735. The lowest BCUT2D eigenvalue weighted by Crippen LogP contribution is -2.01. The van der Waals surface area contributed by atoms with Crippen LogP contribution in [0.4, 0.5) is 0 Å². The predicted octanol–water partition coefficient (Wildman–Crippen LogP) is 3.33. The Morgan fingerprint density at radius 2 is 2.20 bits per heavy atom. The van der Waals surface area contributed by atoms with E-state index in [4.69, 9.17) is 32.7 Å². The fourth-order valence-corrected chi connectivity index (χ4v) is 2.09. The van der Waals surface area contributed by atoms with Crippen molar-refractivity contribution in [3.8, 4) is 5.75 Å². The van der Waals surface area contributed by atoms with Gasteiger partial charge in [-0.1, -0.05) is 23.2 Å². The predicted molar refractivity (Wildman–Crippen MR) is 61.1 cm³/mol. The first-order valence-electron chi connectivity index (χ1n) is 4.93. The molecule has 0 N–H and O–H groups in total. The minimum atomic E-state index is 0.304. The molecule has 1 aliphatic heterocycles. The molecule has 0 bridgehead atoms. The molecule has 0 saturated carbocycles. The molecular formula is C11H12Cl2O2. The molecule has 1 aromatic rings. The number of epoxide rings is 1. The zero-order valence-electron chi connectivity index (χ0n) is 8.43. The van der Waals surface area contributed by atoms with Crippen LogP contribution < -0.4 is 4.74 Å². The first-order valence-corrected chi connectivity index (χ1v) is 5.68. The summed E-state index contributed by atoms with van der Waals surface area (Å²) in [6.07, 6.45) is 1.12. The van der Waals surface area contributed by atoms with Crippen LogP contribution in [0, 0.1) is 0 Å². The van der Waals surface area contributed by atoms with Gasteiger partial charge in [-0.2, -0.15) is 0 Å². The van der Waals surface area contributed by atoms with E-state index < -0.39 is 0 Å². The van der Waals surface area contributed by atoms with Crippen molar-refractivity contribution in [2.75, 3.05) is 13.2 Å². The van der Waals surface area contributed by atoms with Crippen LogP contribution in [-0.2, 0) is 11.2 Å². The molecule has 1 aliphatic rings. The van der Waals surface area contributed by atoms with Crippen molar-refractivity contribution >= 4 is 23.2 Å². The van der Waals surface area contributed by atoms with Crippen LogP contribution in [0.15, 0.2) is 12.1 Å². The third-order valence-corrected chi connectivity index (χ3v) is 2.72. The molecule has 1 atom stereocenters. The van der Waals surface area contributed by atoms with E-state index in [0.717, 1.165) is 24.3 Å². The molecule has 1 fully saturated rings. The Balaban J connectivity index is 2.29. The first kappa shape index (κ1) is 11.1. The van der Waals surface area contributed by atoms with Crippen LogP contribution in [0.3, 0.4) is 0 Å². The quantitative estimate of drug-likeness (QED) is 0.761. The van der Waals surface area contributed by atoms with Gasteiger partial charge in [0.25, 0.3) is 0 Å². The van der Waals surface area contributed by atoms with Gasteiger partial charge >= 0.3 is 0 Å². The SMILES string of the molecule is CCOc1c(Cl)cc(Cl)cc1CC1CO1. The molecule has 1 aromatic carbocycles. The van der Waals surface area contributed by atoms with Crippen LogP contribution in [0.2, 0.25) is 10.0 Å². The Morgan fingerprint density at radius 1 is 1.47 bits per heavy atom. The Bertz CT molecular complexity index is 362.